The monoisotopic (exact) mass is 265 g/mol. The molecule has 0 unspecified atom stereocenters. The fourth-order valence-corrected chi connectivity index (χ4v) is 1.70. The number of nitrogens with zero attached hydrogens (tertiary/aromatic N) is 1. The van der Waals surface area contributed by atoms with E-state index in [-0.39, 0.29) is 6.54 Å². The molecule has 19 heavy (non-hydrogen) atoms. The SMILES string of the molecule is C=C(C)c1ccc(CN(C(=O)O)C(C)(C)C)c(F)c1. The summed E-state index contributed by atoms with van der Waals surface area (Å²) in [5.74, 6) is -0.406. The van der Waals surface area contributed by atoms with Gasteiger partial charge in [-0.3, -0.25) is 4.90 Å². The number of carboxylic acid groups (broad SMARTS) is 1. The number of amides is 1. The molecule has 0 saturated carbocycles. The second-order valence-electron chi connectivity index (χ2n) is 5.63. The summed E-state index contributed by atoms with van der Waals surface area (Å²) >= 11 is 0. The standard InChI is InChI=1S/C15H20FNO2/c1-10(2)11-6-7-12(13(16)8-11)9-17(14(18)19)15(3,4)5/h6-8H,1,9H2,2-5H3,(H,18,19). The number of carbonyl (C=O) groups is 1. The van der Waals surface area contributed by atoms with Gasteiger partial charge < -0.3 is 5.11 Å². The second-order valence-corrected chi connectivity index (χ2v) is 5.63. The first-order chi connectivity index (χ1) is 8.62. The molecule has 0 aromatic heterocycles. The van der Waals surface area contributed by atoms with Crippen LogP contribution in [0.15, 0.2) is 24.8 Å². The Morgan fingerprint density at radius 2 is 2.00 bits per heavy atom. The van der Waals surface area contributed by atoms with Crippen LogP contribution in [-0.4, -0.2) is 21.6 Å². The van der Waals surface area contributed by atoms with Crippen LogP contribution in [-0.2, 0) is 6.54 Å². The van der Waals surface area contributed by atoms with Gasteiger partial charge in [-0.15, -0.1) is 0 Å². The average Bonchev–Trinajstić information content (AvgIpc) is 2.24. The van der Waals surface area contributed by atoms with E-state index in [1.807, 2.05) is 0 Å². The third kappa shape index (κ3) is 3.81. The van der Waals surface area contributed by atoms with Crippen molar-refractivity contribution in [3.8, 4) is 0 Å². The van der Waals surface area contributed by atoms with Crippen LogP contribution in [0.4, 0.5) is 9.18 Å². The van der Waals surface area contributed by atoms with E-state index in [1.165, 1.54) is 11.0 Å². The van der Waals surface area contributed by atoms with Crippen molar-refractivity contribution in [3.05, 3.63) is 41.7 Å². The normalized spacial score (nSPS) is 11.2. The Hall–Kier alpha value is -1.84. The van der Waals surface area contributed by atoms with Crippen LogP contribution in [0.3, 0.4) is 0 Å². The van der Waals surface area contributed by atoms with Crippen molar-refractivity contribution in [2.45, 2.75) is 39.8 Å². The first-order valence-corrected chi connectivity index (χ1v) is 6.08. The van der Waals surface area contributed by atoms with Crippen LogP contribution in [0.25, 0.3) is 5.57 Å². The maximum absolute atomic E-state index is 14.0. The molecule has 3 nitrogen and oxygen atoms in total. The van der Waals surface area contributed by atoms with Gasteiger partial charge in [0.25, 0.3) is 0 Å². The van der Waals surface area contributed by atoms with E-state index in [1.54, 1.807) is 39.8 Å². The van der Waals surface area contributed by atoms with E-state index in [0.29, 0.717) is 5.56 Å². The molecule has 0 heterocycles. The van der Waals surface area contributed by atoms with E-state index in [2.05, 4.69) is 6.58 Å². The second kappa shape index (κ2) is 5.43. The Labute approximate surface area is 113 Å². The van der Waals surface area contributed by atoms with Crippen LogP contribution in [0.2, 0.25) is 0 Å². The molecule has 0 aliphatic heterocycles. The molecule has 1 amide bonds. The van der Waals surface area contributed by atoms with Crippen LogP contribution in [0, 0.1) is 5.82 Å². The number of halogens is 1. The smallest absolute Gasteiger partial charge is 0.408 e. The van der Waals surface area contributed by atoms with Gasteiger partial charge in [-0.25, -0.2) is 9.18 Å². The quantitative estimate of drug-likeness (QED) is 0.892. The third-order valence-electron chi connectivity index (χ3n) is 2.91. The topological polar surface area (TPSA) is 40.5 Å². The first-order valence-electron chi connectivity index (χ1n) is 6.08. The molecule has 0 atom stereocenters. The lowest BCUT2D eigenvalue weighted by Crippen LogP contribution is -2.44. The van der Waals surface area contributed by atoms with Crippen molar-refractivity contribution in [3.63, 3.8) is 0 Å². The lowest BCUT2D eigenvalue weighted by molar-refractivity contribution is 0.0948. The van der Waals surface area contributed by atoms with E-state index >= 15 is 0 Å². The summed E-state index contributed by atoms with van der Waals surface area (Å²) in [5.41, 5.74) is 1.28. The molecule has 0 aliphatic rings. The highest BCUT2D eigenvalue weighted by Gasteiger charge is 2.26. The van der Waals surface area contributed by atoms with E-state index in [4.69, 9.17) is 0 Å². The molecule has 1 N–H and O–H groups in total. The maximum atomic E-state index is 14.0. The molecule has 104 valence electrons. The minimum atomic E-state index is -1.06. The molecule has 0 saturated heterocycles. The molecule has 0 bridgehead atoms. The Balaban J connectivity index is 3.05. The van der Waals surface area contributed by atoms with Gasteiger partial charge in [-0.1, -0.05) is 24.3 Å². The predicted octanol–water partition coefficient (Wildman–Crippen LogP) is 4.14. The summed E-state index contributed by atoms with van der Waals surface area (Å²) < 4.78 is 14.0. The van der Waals surface area contributed by atoms with Crippen molar-refractivity contribution >= 4 is 11.7 Å². The molecular weight excluding hydrogens is 245 g/mol. The predicted molar refractivity (Wildman–Crippen MR) is 74.4 cm³/mol. The van der Waals surface area contributed by atoms with Crippen molar-refractivity contribution in [2.24, 2.45) is 0 Å². The average molecular weight is 265 g/mol. The number of hydrogen-bond donors (Lipinski definition) is 1. The van der Waals surface area contributed by atoms with Crippen LogP contribution in [0.1, 0.15) is 38.8 Å². The Bertz CT molecular complexity index is 503. The van der Waals surface area contributed by atoms with Gasteiger partial charge in [0.1, 0.15) is 5.82 Å². The molecule has 1 aromatic carbocycles. The minimum absolute atomic E-state index is 0.0289. The summed E-state index contributed by atoms with van der Waals surface area (Å²) in [6, 6.07) is 4.75. The summed E-state index contributed by atoms with van der Waals surface area (Å²) in [7, 11) is 0. The van der Waals surface area contributed by atoms with Crippen molar-refractivity contribution < 1.29 is 14.3 Å². The highest BCUT2D eigenvalue weighted by Crippen LogP contribution is 2.21. The fraction of sp³-hybridized carbons (Fsp3) is 0.400. The first kappa shape index (κ1) is 15.2. The van der Waals surface area contributed by atoms with Crippen molar-refractivity contribution in [1.82, 2.24) is 4.90 Å². The van der Waals surface area contributed by atoms with Gasteiger partial charge in [-0.05, 0) is 39.3 Å². The summed E-state index contributed by atoms with van der Waals surface area (Å²) in [4.78, 5) is 12.4. The lowest BCUT2D eigenvalue weighted by Gasteiger charge is -2.33. The minimum Gasteiger partial charge on any atom is -0.465 e. The molecule has 0 aliphatic carbocycles. The zero-order valence-corrected chi connectivity index (χ0v) is 11.8. The third-order valence-corrected chi connectivity index (χ3v) is 2.91. The molecule has 0 spiro atoms. The van der Waals surface area contributed by atoms with Crippen LogP contribution < -0.4 is 0 Å². The van der Waals surface area contributed by atoms with Crippen molar-refractivity contribution in [1.29, 1.82) is 0 Å². The van der Waals surface area contributed by atoms with Crippen LogP contribution >= 0.6 is 0 Å². The van der Waals surface area contributed by atoms with Gasteiger partial charge in [0.15, 0.2) is 0 Å². The largest absolute Gasteiger partial charge is 0.465 e. The number of hydrogen-bond acceptors (Lipinski definition) is 1. The van der Waals surface area contributed by atoms with Gasteiger partial charge in [0.2, 0.25) is 0 Å². The fourth-order valence-electron chi connectivity index (χ4n) is 1.70. The molecule has 1 aromatic rings. The lowest BCUT2D eigenvalue weighted by atomic mass is 10.0. The highest BCUT2D eigenvalue weighted by atomic mass is 19.1. The number of allylic oxidation sites excluding steroid dienone is 1. The Kier molecular flexibility index (Phi) is 4.35. The molecule has 1 rings (SSSR count). The molecule has 0 radical (unpaired) electrons. The summed E-state index contributed by atoms with van der Waals surface area (Å²) in [6.45, 7) is 10.9. The maximum Gasteiger partial charge on any atom is 0.408 e. The molecule has 0 fully saturated rings. The number of rotatable bonds is 3. The van der Waals surface area contributed by atoms with Gasteiger partial charge in [0, 0.05) is 11.1 Å². The van der Waals surface area contributed by atoms with Gasteiger partial charge >= 0.3 is 6.09 Å². The highest BCUT2D eigenvalue weighted by molar-refractivity contribution is 5.66. The van der Waals surface area contributed by atoms with Gasteiger partial charge in [0.05, 0.1) is 6.54 Å². The Morgan fingerprint density at radius 1 is 1.42 bits per heavy atom. The summed E-state index contributed by atoms with van der Waals surface area (Å²) in [6.07, 6.45) is -1.06. The molecular formula is C15H20FNO2. The van der Waals surface area contributed by atoms with Crippen molar-refractivity contribution in [2.75, 3.05) is 0 Å². The van der Waals surface area contributed by atoms with Crippen LogP contribution in [0.5, 0.6) is 0 Å². The summed E-state index contributed by atoms with van der Waals surface area (Å²) in [5, 5.41) is 9.19. The molecule has 4 heteroatoms. The Morgan fingerprint density at radius 3 is 2.37 bits per heavy atom. The van der Waals surface area contributed by atoms with E-state index in [0.717, 1.165) is 11.1 Å². The van der Waals surface area contributed by atoms with E-state index in [9.17, 15) is 14.3 Å². The van der Waals surface area contributed by atoms with Gasteiger partial charge in [-0.2, -0.15) is 0 Å². The zero-order valence-electron chi connectivity index (χ0n) is 11.8. The van der Waals surface area contributed by atoms with E-state index < -0.39 is 17.4 Å². The number of benzene rings is 1. The zero-order chi connectivity index (χ0) is 14.8.